The molecule has 1 unspecified atom stereocenters. The van der Waals surface area contributed by atoms with E-state index in [1.54, 1.807) is 0 Å². The number of hydrogen-bond acceptors (Lipinski definition) is 3. The van der Waals surface area contributed by atoms with E-state index >= 15 is 0 Å². The van der Waals surface area contributed by atoms with Crippen molar-refractivity contribution in [2.45, 2.75) is 31.5 Å². The van der Waals surface area contributed by atoms with E-state index in [2.05, 4.69) is 11.9 Å². The zero-order chi connectivity index (χ0) is 10.3. The van der Waals surface area contributed by atoms with E-state index in [9.17, 15) is 0 Å². The van der Waals surface area contributed by atoms with Gasteiger partial charge in [-0.15, -0.1) is 0 Å². The Balaban J connectivity index is 2.03. The van der Waals surface area contributed by atoms with Crippen LogP contribution < -0.4 is 11.1 Å². The molecule has 3 nitrogen and oxygen atoms in total. The summed E-state index contributed by atoms with van der Waals surface area (Å²) in [5.74, 6) is 0. The average molecular weight is 232 g/mol. The smallest absolute Gasteiger partial charge is 0.150 e. The third-order valence-corrected chi connectivity index (χ3v) is 12.1. The molecule has 3 N–H and O–H groups in total. The summed E-state index contributed by atoms with van der Waals surface area (Å²) >= 11 is 0. The molecule has 14 heavy (non-hydrogen) atoms. The maximum Gasteiger partial charge on any atom is 0.150 e. The van der Waals surface area contributed by atoms with E-state index in [0.29, 0.717) is 0 Å². The zero-order valence-electron chi connectivity index (χ0n) is 9.35. The minimum Gasteiger partial charge on any atom is -0.427 e. The van der Waals surface area contributed by atoms with Gasteiger partial charge >= 0.3 is 0 Å². The molecule has 84 valence electrons. The van der Waals surface area contributed by atoms with Gasteiger partial charge in [-0.05, 0) is 19.4 Å². The lowest BCUT2D eigenvalue weighted by Crippen LogP contribution is -2.43. The van der Waals surface area contributed by atoms with Crippen LogP contribution >= 0.6 is 0 Å². The third-order valence-electron chi connectivity index (χ3n) is 2.97. The summed E-state index contributed by atoms with van der Waals surface area (Å²) in [7, 11) is -0.978. The first-order valence-electron chi connectivity index (χ1n) is 5.75. The highest BCUT2D eigenvalue weighted by molar-refractivity contribution is 7.22. The van der Waals surface area contributed by atoms with E-state index < -0.39 is 7.59 Å². The number of hydrogen-bond donors (Lipinski definition) is 2. The molecule has 0 radical (unpaired) electrons. The molecule has 0 aromatic rings. The fourth-order valence-electron chi connectivity index (χ4n) is 2.06. The molecule has 0 aromatic heterocycles. The van der Waals surface area contributed by atoms with Crippen LogP contribution in [-0.4, -0.2) is 43.1 Å². The van der Waals surface area contributed by atoms with Crippen LogP contribution in [0.25, 0.3) is 0 Å². The lowest BCUT2D eigenvalue weighted by Gasteiger charge is -2.30. The summed E-state index contributed by atoms with van der Waals surface area (Å²) in [4.78, 5) is 0. The predicted molar refractivity (Wildman–Crippen MR) is 66.9 cm³/mol. The molecule has 0 aromatic carbocycles. The topological polar surface area (TPSA) is 47.3 Å². The van der Waals surface area contributed by atoms with Crippen molar-refractivity contribution >= 4 is 16.9 Å². The monoisotopic (exact) mass is 232 g/mol. The van der Waals surface area contributed by atoms with Gasteiger partial charge in [-0.1, -0.05) is 18.6 Å². The van der Waals surface area contributed by atoms with Crippen molar-refractivity contribution in [3.05, 3.63) is 0 Å². The van der Waals surface area contributed by atoms with Gasteiger partial charge in [0.15, 0.2) is 9.28 Å². The van der Waals surface area contributed by atoms with Crippen molar-refractivity contribution in [3.63, 3.8) is 0 Å². The summed E-state index contributed by atoms with van der Waals surface area (Å²) in [5, 5.41) is 3.36. The van der Waals surface area contributed by atoms with Crippen LogP contribution in [0.2, 0.25) is 18.6 Å². The van der Waals surface area contributed by atoms with Crippen molar-refractivity contribution in [1.29, 1.82) is 0 Å². The Hall–Kier alpha value is 0.314. The van der Waals surface area contributed by atoms with E-state index in [-0.39, 0.29) is 9.28 Å². The zero-order valence-corrected chi connectivity index (χ0v) is 11.8. The summed E-state index contributed by atoms with van der Waals surface area (Å²) in [6, 6.07) is 2.99. The van der Waals surface area contributed by atoms with E-state index in [0.717, 1.165) is 26.2 Å². The average Bonchev–Trinajstić information content (AvgIpc) is 2.18. The maximum atomic E-state index is 5.72. The highest BCUT2D eigenvalue weighted by Crippen LogP contribution is 2.21. The van der Waals surface area contributed by atoms with Crippen LogP contribution in [0.15, 0.2) is 0 Å². The highest BCUT2D eigenvalue weighted by atomic mass is 29.2. The molecule has 1 aliphatic heterocycles. The number of nitrogens with two attached hydrogens (primary N) is 1. The summed E-state index contributed by atoms with van der Waals surface area (Å²) in [6.45, 7) is 6.47. The lowest BCUT2D eigenvalue weighted by molar-refractivity contribution is 0.333. The molecule has 1 heterocycles. The minimum atomic E-state index is -0.851. The Morgan fingerprint density at radius 3 is 3.00 bits per heavy atom. The molecule has 0 aliphatic carbocycles. The van der Waals surface area contributed by atoms with Gasteiger partial charge in [0.25, 0.3) is 0 Å². The van der Waals surface area contributed by atoms with Gasteiger partial charge < -0.3 is 15.5 Å². The predicted octanol–water partition coefficient (Wildman–Crippen LogP) is 0.00420. The molecule has 0 spiro atoms. The molecular formula is C9H24N2OSi2. The van der Waals surface area contributed by atoms with Gasteiger partial charge in [-0.2, -0.15) is 0 Å². The van der Waals surface area contributed by atoms with Gasteiger partial charge in [0.1, 0.15) is 0 Å². The fourth-order valence-corrected chi connectivity index (χ4v) is 9.74. The second kappa shape index (κ2) is 6.73. The van der Waals surface area contributed by atoms with Crippen LogP contribution in [-0.2, 0) is 4.43 Å². The maximum absolute atomic E-state index is 5.72. The minimum absolute atomic E-state index is 0.127. The first kappa shape index (κ1) is 12.4. The summed E-state index contributed by atoms with van der Waals surface area (Å²) in [6.07, 6.45) is 2.66. The SMILES string of the molecule is C[Si]1(CCCNCCN)CCCO[SiH2]1. The second-order valence-corrected chi connectivity index (χ2v) is 15.9. The van der Waals surface area contributed by atoms with Crippen LogP contribution in [0.3, 0.4) is 0 Å². The number of rotatable bonds is 6. The van der Waals surface area contributed by atoms with Gasteiger partial charge in [0.2, 0.25) is 0 Å². The normalized spacial score (nSPS) is 29.6. The summed E-state index contributed by atoms with van der Waals surface area (Å²) in [5.41, 5.74) is 5.41. The third kappa shape index (κ3) is 4.70. The number of nitrogens with one attached hydrogen (secondary N) is 1. The van der Waals surface area contributed by atoms with Crippen LogP contribution in [0, 0.1) is 0 Å². The van der Waals surface area contributed by atoms with Crippen molar-refractivity contribution in [1.82, 2.24) is 5.32 Å². The van der Waals surface area contributed by atoms with Crippen molar-refractivity contribution < 1.29 is 4.43 Å². The molecule has 1 atom stereocenters. The molecule has 1 fully saturated rings. The Kier molecular flexibility index (Phi) is 5.96. The van der Waals surface area contributed by atoms with Gasteiger partial charge in [0.05, 0.1) is 7.59 Å². The van der Waals surface area contributed by atoms with E-state index in [4.69, 9.17) is 10.2 Å². The molecule has 0 bridgehead atoms. The molecule has 1 aliphatic rings. The lowest BCUT2D eigenvalue weighted by atomic mass is 10.5. The van der Waals surface area contributed by atoms with Gasteiger partial charge in [-0.25, -0.2) is 0 Å². The second-order valence-electron chi connectivity index (χ2n) is 4.61. The molecular weight excluding hydrogens is 208 g/mol. The molecule has 1 rings (SSSR count). The summed E-state index contributed by atoms with van der Waals surface area (Å²) < 4.78 is 5.72. The van der Waals surface area contributed by atoms with Crippen molar-refractivity contribution in [2.75, 3.05) is 26.2 Å². The molecule has 5 heteroatoms. The first-order chi connectivity index (χ1) is 6.77. The Morgan fingerprint density at radius 1 is 1.50 bits per heavy atom. The van der Waals surface area contributed by atoms with Crippen LogP contribution in [0.5, 0.6) is 0 Å². The molecule has 0 amide bonds. The van der Waals surface area contributed by atoms with Crippen LogP contribution in [0.1, 0.15) is 12.8 Å². The Labute approximate surface area is 90.5 Å². The van der Waals surface area contributed by atoms with E-state index in [1.807, 2.05) is 0 Å². The largest absolute Gasteiger partial charge is 0.427 e. The first-order valence-corrected chi connectivity index (χ1v) is 11.6. The van der Waals surface area contributed by atoms with E-state index in [1.165, 1.54) is 24.9 Å². The quantitative estimate of drug-likeness (QED) is 0.501. The fraction of sp³-hybridized carbons (Fsp3) is 1.00. The van der Waals surface area contributed by atoms with Crippen molar-refractivity contribution in [2.24, 2.45) is 5.73 Å². The molecule has 0 saturated carbocycles. The Bertz CT molecular complexity index is 152. The van der Waals surface area contributed by atoms with Gasteiger partial charge in [0, 0.05) is 19.7 Å². The highest BCUT2D eigenvalue weighted by Gasteiger charge is 2.29. The Morgan fingerprint density at radius 2 is 2.36 bits per heavy atom. The standard InChI is InChI=1S/C9H24N2OSi2/c1-14(9-3-7-12-13-14)8-2-5-11-6-4-10/h11H,2-10,13H2,1H3. The van der Waals surface area contributed by atoms with Crippen LogP contribution in [0.4, 0.5) is 0 Å². The van der Waals surface area contributed by atoms with Crippen molar-refractivity contribution in [3.8, 4) is 0 Å². The molecule has 1 saturated heterocycles. The van der Waals surface area contributed by atoms with Gasteiger partial charge in [-0.3, -0.25) is 0 Å².